The highest BCUT2D eigenvalue weighted by Gasteiger charge is 2.13. The molecule has 0 aliphatic heterocycles. The Morgan fingerprint density at radius 3 is 2.67 bits per heavy atom. The van der Waals surface area contributed by atoms with Gasteiger partial charge >= 0.3 is 0 Å². The molecule has 1 atom stereocenters. The Morgan fingerprint density at radius 1 is 1.58 bits per heavy atom. The van der Waals surface area contributed by atoms with Gasteiger partial charge in [0.25, 0.3) is 0 Å². The third-order valence-electron chi connectivity index (χ3n) is 2.29. The number of rotatable bonds is 1. The van der Waals surface area contributed by atoms with Crippen LogP contribution in [0.1, 0.15) is 27.2 Å². The molecule has 0 fully saturated rings. The van der Waals surface area contributed by atoms with Crippen molar-refractivity contribution in [3.05, 3.63) is 23.3 Å². The van der Waals surface area contributed by atoms with Gasteiger partial charge in [-0.05, 0) is 24.8 Å². The largest absolute Gasteiger partial charge is 0.198 e. The van der Waals surface area contributed by atoms with Crippen LogP contribution in [0.25, 0.3) is 0 Å². The van der Waals surface area contributed by atoms with E-state index >= 15 is 0 Å². The van der Waals surface area contributed by atoms with Gasteiger partial charge in [0.1, 0.15) is 0 Å². The van der Waals surface area contributed by atoms with Gasteiger partial charge in [0.2, 0.25) is 0 Å². The molecule has 0 saturated heterocycles. The van der Waals surface area contributed by atoms with Gasteiger partial charge in [-0.2, -0.15) is 5.26 Å². The Morgan fingerprint density at radius 2 is 2.25 bits per heavy atom. The van der Waals surface area contributed by atoms with Crippen LogP contribution in [-0.4, -0.2) is 0 Å². The molecule has 0 radical (unpaired) electrons. The second-order valence-corrected chi connectivity index (χ2v) is 3.64. The van der Waals surface area contributed by atoms with E-state index in [4.69, 9.17) is 5.26 Å². The molecule has 0 saturated carbocycles. The van der Waals surface area contributed by atoms with Crippen LogP contribution in [0.2, 0.25) is 0 Å². The van der Waals surface area contributed by atoms with Gasteiger partial charge in [-0.3, -0.25) is 0 Å². The van der Waals surface area contributed by atoms with Crippen LogP contribution in [0.3, 0.4) is 0 Å². The summed E-state index contributed by atoms with van der Waals surface area (Å²) in [7, 11) is 0. The summed E-state index contributed by atoms with van der Waals surface area (Å²) in [4.78, 5) is 0. The molecular formula is C11H15N. The molecule has 0 N–H and O–H groups in total. The Balaban J connectivity index is 2.81. The van der Waals surface area contributed by atoms with Crippen LogP contribution >= 0.6 is 0 Å². The fourth-order valence-corrected chi connectivity index (χ4v) is 1.66. The summed E-state index contributed by atoms with van der Waals surface area (Å²) in [5.74, 6) is 0.688. The van der Waals surface area contributed by atoms with Crippen LogP contribution < -0.4 is 0 Å². The molecule has 1 aliphatic carbocycles. The van der Waals surface area contributed by atoms with Gasteiger partial charge < -0.3 is 0 Å². The van der Waals surface area contributed by atoms with Crippen LogP contribution in [0, 0.1) is 23.2 Å². The lowest BCUT2D eigenvalue weighted by Crippen LogP contribution is -2.05. The van der Waals surface area contributed by atoms with Crippen molar-refractivity contribution in [1.29, 1.82) is 5.26 Å². The summed E-state index contributed by atoms with van der Waals surface area (Å²) in [6.07, 6.45) is 5.17. The zero-order valence-corrected chi connectivity index (χ0v) is 7.96. The summed E-state index contributed by atoms with van der Waals surface area (Å²) in [6.45, 7) is 6.47. The second-order valence-electron chi connectivity index (χ2n) is 3.64. The maximum atomic E-state index is 8.71. The molecule has 0 spiro atoms. The zero-order valence-electron chi connectivity index (χ0n) is 7.96. The van der Waals surface area contributed by atoms with Crippen molar-refractivity contribution in [3.8, 4) is 6.07 Å². The first-order valence-corrected chi connectivity index (χ1v) is 4.43. The van der Waals surface area contributed by atoms with Gasteiger partial charge in [0.05, 0.1) is 12.0 Å². The standard InChI is InChI=1S/C11H15N/c1-8(2)11-5-4-10(7-12)6-9(11)3/h5-6,8,10H,4H2,1-3H3. The Hall–Kier alpha value is -1.03. The molecule has 0 aromatic rings. The minimum Gasteiger partial charge on any atom is -0.198 e. The first kappa shape index (κ1) is 9.06. The topological polar surface area (TPSA) is 23.8 Å². The molecule has 1 rings (SSSR count). The van der Waals surface area contributed by atoms with Crippen LogP contribution in [0.4, 0.5) is 0 Å². The lowest BCUT2D eigenvalue weighted by atomic mass is 9.86. The zero-order chi connectivity index (χ0) is 9.14. The maximum absolute atomic E-state index is 8.71. The maximum Gasteiger partial charge on any atom is 0.0700 e. The van der Waals surface area contributed by atoms with Crippen molar-refractivity contribution in [2.24, 2.45) is 11.8 Å². The number of nitrogens with zero attached hydrogens (tertiary/aromatic N) is 1. The van der Waals surface area contributed by atoms with E-state index in [1.807, 2.05) is 0 Å². The van der Waals surface area contributed by atoms with Crippen LogP contribution in [0.15, 0.2) is 23.3 Å². The SMILES string of the molecule is CC1=CC(C#N)CC=C1C(C)C. The minimum absolute atomic E-state index is 0.104. The first-order valence-electron chi connectivity index (χ1n) is 4.43. The molecule has 0 heterocycles. The number of hydrogen-bond acceptors (Lipinski definition) is 1. The van der Waals surface area contributed by atoms with Crippen molar-refractivity contribution in [2.45, 2.75) is 27.2 Å². The summed E-state index contributed by atoms with van der Waals surface area (Å²) in [5, 5.41) is 8.71. The summed E-state index contributed by atoms with van der Waals surface area (Å²) in [5.41, 5.74) is 2.68. The van der Waals surface area contributed by atoms with Crippen molar-refractivity contribution in [3.63, 3.8) is 0 Å². The molecule has 12 heavy (non-hydrogen) atoms. The third-order valence-corrected chi connectivity index (χ3v) is 2.29. The van der Waals surface area contributed by atoms with Crippen molar-refractivity contribution in [1.82, 2.24) is 0 Å². The molecule has 0 aromatic heterocycles. The predicted molar refractivity (Wildman–Crippen MR) is 50.4 cm³/mol. The first-order chi connectivity index (χ1) is 5.65. The van der Waals surface area contributed by atoms with Gasteiger partial charge in [-0.1, -0.05) is 31.6 Å². The third kappa shape index (κ3) is 1.76. The number of allylic oxidation sites excluding steroid dienone is 4. The van der Waals surface area contributed by atoms with Gasteiger partial charge in [-0.25, -0.2) is 0 Å². The van der Waals surface area contributed by atoms with Crippen molar-refractivity contribution < 1.29 is 0 Å². The summed E-state index contributed by atoms with van der Waals surface area (Å²) < 4.78 is 0. The monoisotopic (exact) mass is 161 g/mol. The lowest BCUT2D eigenvalue weighted by Gasteiger charge is -2.18. The predicted octanol–water partition coefficient (Wildman–Crippen LogP) is 3.06. The Bertz CT molecular complexity index is 263. The molecule has 1 nitrogen and oxygen atoms in total. The Labute approximate surface area is 74.4 Å². The number of hydrogen-bond donors (Lipinski definition) is 0. The van der Waals surface area contributed by atoms with E-state index in [9.17, 15) is 0 Å². The molecular weight excluding hydrogens is 146 g/mol. The number of nitriles is 1. The molecule has 1 heteroatoms. The molecule has 0 amide bonds. The van der Waals surface area contributed by atoms with Crippen LogP contribution in [-0.2, 0) is 0 Å². The van der Waals surface area contributed by atoms with E-state index in [0.717, 1.165) is 6.42 Å². The molecule has 64 valence electrons. The van der Waals surface area contributed by atoms with E-state index in [1.165, 1.54) is 11.1 Å². The van der Waals surface area contributed by atoms with E-state index in [1.54, 1.807) is 0 Å². The van der Waals surface area contributed by atoms with Crippen molar-refractivity contribution in [2.75, 3.05) is 0 Å². The van der Waals surface area contributed by atoms with E-state index in [0.29, 0.717) is 5.92 Å². The highest BCUT2D eigenvalue weighted by Crippen LogP contribution is 2.27. The van der Waals surface area contributed by atoms with E-state index in [2.05, 4.69) is 39.0 Å². The van der Waals surface area contributed by atoms with Crippen molar-refractivity contribution >= 4 is 0 Å². The summed E-state index contributed by atoms with van der Waals surface area (Å²) in [6, 6.07) is 2.27. The molecule has 1 aliphatic rings. The minimum atomic E-state index is 0.104. The fraction of sp³-hybridized carbons (Fsp3) is 0.545. The van der Waals surface area contributed by atoms with Gasteiger partial charge in [-0.15, -0.1) is 0 Å². The highest BCUT2D eigenvalue weighted by molar-refractivity contribution is 5.35. The van der Waals surface area contributed by atoms with Crippen LogP contribution in [0.5, 0.6) is 0 Å². The fourth-order valence-electron chi connectivity index (χ4n) is 1.66. The quantitative estimate of drug-likeness (QED) is 0.579. The van der Waals surface area contributed by atoms with E-state index in [-0.39, 0.29) is 5.92 Å². The highest BCUT2D eigenvalue weighted by atomic mass is 14.3. The summed E-state index contributed by atoms with van der Waals surface area (Å²) >= 11 is 0. The normalized spacial score (nSPS) is 23.1. The molecule has 0 bridgehead atoms. The molecule has 1 unspecified atom stereocenters. The van der Waals surface area contributed by atoms with Gasteiger partial charge in [0, 0.05) is 0 Å². The Kier molecular flexibility index (Phi) is 2.70. The van der Waals surface area contributed by atoms with Gasteiger partial charge in [0.15, 0.2) is 0 Å². The smallest absolute Gasteiger partial charge is 0.0700 e. The average molecular weight is 161 g/mol. The van der Waals surface area contributed by atoms with E-state index < -0.39 is 0 Å². The lowest BCUT2D eigenvalue weighted by molar-refractivity contribution is 0.727. The second kappa shape index (κ2) is 3.58. The molecule has 0 aromatic carbocycles. The average Bonchev–Trinajstić information content (AvgIpc) is 2.03.